The number of esters is 1. The molecular formula is C23H17ClN2O3S2. The maximum atomic E-state index is 13.5. The van der Waals surface area contributed by atoms with Gasteiger partial charge in [-0.15, -0.1) is 23.1 Å². The summed E-state index contributed by atoms with van der Waals surface area (Å²) < 4.78 is 8.15. The fourth-order valence-corrected chi connectivity index (χ4v) is 5.98. The lowest BCUT2D eigenvalue weighted by Gasteiger charge is -2.04. The summed E-state index contributed by atoms with van der Waals surface area (Å²) in [6, 6.07) is 14.4. The van der Waals surface area contributed by atoms with Crippen LogP contribution in [0.2, 0.25) is 5.02 Å². The van der Waals surface area contributed by atoms with Crippen LogP contribution >= 0.6 is 34.7 Å². The van der Waals surface area contributed by atoms with Gasteiger partial charge in [0, 0.05) is 34.3 Å². The number of fused-ring (bicyclic) bond motifs is 3. The Morgan fingerprint density at radius 1 is 1.23 bits per heavy atom. The Bertz CT molecular complexity index is 1330. The first-order valence-corrected chi connectivity index (χ1v) is 11.8. The van der Waals surface area contributed by atoms with Gasteiger partial charge < -0.3 is 9.14 Å². The van der Waals surface area contributed by atoms with E-state index < -0.39 is 5.97 Å². The number of thioether (sulfide) groups is 1. The van der Waals surface area contributed by atoms with E-state index in [4.69, 9.17) is 21.6 Å². The number of rotatable bonds is 7. The zero-order chi connectivity index (χ0) is 22.0. The number of hydrogen-bond acceptors (Lipinski definition) is 6. The summed E-state index contributed by atoms with van der Waals surface area (Å²) in [6.45, 7) is 1.99. The van der Waals surface area contributed by atoms with Gasteiger partial charge in [-0.2, -0.15) is 5.26 Å². The fraction of sp³-hybridized carbons (Fsp3) is 0.174. The number of aromatic nitrogens is 1. The van der Waals surface area contributed by atoms with Crippen molar-refractivity contribution in [3.63, 3.8) is 0 Å². The molecule has 0 aliphatic carbocycles. The molecule has 3 aromatic heterocycles. The molecule has 156 valence electrons. The Hall–Kier alpha value is -2.79. The van der Waals surface area contributed by atoms with Crippen molar-refractivity contribution in [1.82, 2.24) is 4.40 Å². The van der Waals surface area contributed by atoms with Crippen molar-refractivity contribution in [2.45, 2.75) is 17.6 Å². The Kier molecular flexibility index (Phi) is 6.33. The van der Waals surface area contributed by atoms with E-state index >= 15 is 0 Å². The van der Waals surface area contributed by atoms with Crippen molar-refractivity contribution < 1.29 is 14.3 Å². The van der Waals surface area contributed by atoms with E-state index in [1.807, 2.05) is 28.8 Å². The van der Waals surface area contributed by atoms with Crippen LogP contribution in [0.15, 0.2) is 52.9 Å². The number of nitriles is 1. The van der Waals surface area contributed by atoms with Gasteiger partial charge in [-0.05, 0) is 43.3 Å². The molecule has 0 N–H and O–H groups in total. The van der Waals surface area contributed by atoms with Gasteiger partial charge in [-0.1, -0.05) is 17.7 Å². The maximum Gasteiger partial charge on any atom is 0.341 e. The summed E-state index contributed by atoms with van der Waals surface area (Å²) in [5.41, 5.74) is 2.36. The van der Waals surface area contributed by atoms with Crippen molar-refractivity contribution in [2.75, 3.05) is 12.4 Å². The molecule has 0 saturated carbocycles. The van der Waals surface area contributed by atoms with Crippen molar-refractivity contribution in [1.29, 1.82) is 5.26 Å². The predicted octanol–water partition coefficient (Wildman–Crippen LogP) is 6.22. The second-order valence-electron chi connectivity index (χ2n) is 6.59. The molecule has 0 unspecified atom stereocenters. The zero-order valence-corrected chi connectivity index (χ0v) is 18.9. The highest BCUT2D eigenvalue weighted by atomic mass is 35.5. The van der Waals surface area contributed by atoms with Crippen LogP contribution in [0.25, 0.3) is 16.4 Å². The van der Waals surface area contributed by atoms with Crippen LogP contribution in [-0.4, -0.2) is 28.5 Å². The van der Waals surface area contributed by atoms with Gasteiger partial charge in [0.1, 0.15) is 0 Å². The molecule has 0 fully saturated rings. The largest absolute Gasteiger partial charge is 0.462 e. The molecule has 31 heavy (non-hydrogen) atoms. The molecule has 0 amide bonds. The second kappa shape index (κ2) is 9.15. The first-order chi connectivity index (χ1) is 15.1. The highest BCUT2D eigenvalue weighted by Crippen LogP contribution is 2.44. The van der Waals surface area contributed by atoms with Crippen LogP contribution in [-0.2, 0) is 4.74 Å². The van der Waals surface area contributed by atoms with E-state index in [1.165, 1.54) is 23.1 Å². The molecule has 0 radical (unpaired) electrons. The normalized spacial score (nSPS) is 11.0. The molecule has 0 atom stereocenters. The number of nitrogens with zero attached hydrogens (tertiary/aromatic N) is 2. The summed E-state index contributed by atoms with van der Waals surface area (Å²) in [5.74, 6) is -0.0480. The third-order valence-corrected chi connectivity index (χ3v) is 7.39. The number of benzene rings is 1. The minimum atomic E-state index is -0.460. The summed E-state index contributed by atoms with van der Waals surface area (Å²) in [4.78, 5) is 26.9. The van der Waals surface area contributed by atoms with Crippen LogP contribution in [0.4, 0.5) is 0 Å². The smallest absolute Gasteiger partial charge is 0.341 e. The van der Waals surface area contributed by atoms with Crippen LogP contribution < -0.4 is 0 Å². The molecule has 0 bridgehead atoms. The Labute approximate surface area is 192 Å². The summed E-state index contributed by atoms with van der Waals surface area (Å²) in [7, 11) is 0. The summed E-state index contributed by atoms with van der Waals surface area (Å²) in [6.07, 6.45) is 2.26. The topological polar surface area (TPSA) is 71.6 Å². The standard InChI is InChI=1S/C23H17ClN2O3S2/c1-2-29-22(28)17-16-6-3-4-12-26(16)19-18(17)21(31-23(19)30-13-5-11-25)20(27)14-7-9-15(24)10-8-14/h3-4,6-10,12H,2,5,13H2,1H3. The van der Waals surface area contributed by atoms with Crippen molar-refractivity contribution >= 4 is 62.9 Å². The third-order valence-electron chi connectivity index (χ3n) is 4.70. The number of halogens is 1. The zero-order valence-electron chi connectivity index (χ0n) is 16.6. The first-order valence-electron chi connectivity index (χ1n) is 9.59. The quantitative estimate of drug-likeness (QED) is 0.139. The molecule has 1 aromatic carbocycles. The Balaban J connectivity index is 2.00. The highest BCUT2D eigenvalue weighted by molar-refractivity contribution is 8.01. The maximum absolute atomic E-state index is 13.5. The first kappa shape index (κ1) is 21.4. The van der Waals surface area contributed by atoms with Gasteiger partial charge in [-0.3, -0.25) is 4.79 Å². The van der Waals surface area contributed by atoms with Crippen LogP contribution in [0.5, 0.6) is 0 Å². The fourth-order valence-electron chi connectivity index (χ4n) is 3.41. The highest BCUT2D eigenvalue weighted by Gasteiger charge is 2.29. The molecule has 4 aromatic rings. The second-order valence-corrected chi connectivity index (χ2v) is 9.41. The Morgan fingerprint density at radius 2 is 2.00 bits per heavy atom. The number of ketones is 1. The third kappa shape index (κ3) is 3.94. The molecule has 0 aliphatic rings. The molecule has 0 spiro atoms. The van der Waals surface area contributed by atoms with E-state index in [2.05, 4.69) is 6.07 Å². The number of hydrogen-bond donors (Lipinski definition) is 0. The predicted molar refractivity (Wildman–Crippen MR) is 125 cm³/mol. The summed E-state index contributed by atoms with van der Waals surface area (Å²) >= 11 is 8.84. The van der Waals surface area contributed by atoms with Gasteiger partial charge in [0.25, 0.3) is 0 Å². The van der Waals surface area contributed by atoms with Crippen LogP contribution in [0.1, 0.15) is 38.9 Å². The molecule has 0 aliphatic heterocycles. The number of carbonyl (C=O) groups is 2. The van der Waals surface area contributed by atoms with Crippen molar-refractivity contribution in [2.24, 2.45) is 0 Å². The lowest BCUT2D eigenvalue weighted by atomic mass is 10.1. The number of carbonyl (C=O) groups excluding carboxylic acids is 2. The van der Waals surface area contributed by atoms with Gasteiger partial charge in [0.05, 0.1) is 38.4 Å². The molecule has 0 saturated heterocycles. The SMILES string of the molecule is CCOC(=O)c1c2c(C(=O)c3ccc(Cl)cc3)sc(SCCC#N)c2n2ccccc12. The number of pyridine rings is 1. The van der Waals surface area contributed by atoms with E-state index in [0.717, 1.165) is 9.73 Å². The monoisotopic (exact) mass is 468 g/mol. The van der Waals surface area contributed by atoms with Crippen LogP contribution in [0, 0.1) is 11.3 Å². The molecule has 8 heteroatoms. The lowest BCUT2D eigenvalue weighted by molar-refractivity contribution is 0.0531. The molecule has 5 nitrogen and oxygen atoms in total. The van der Waals surface area contributed by atoms with Crippen LogP contribution in [0.3, 0.4) is 0 Å². The molecule has 3 heterocycles. The minimum Gasteiger partial charge on any atom is -0.462 e. The van der Waals surface area contributed by atoms with Gasteiger partial charge in [0.2, 0.25) is 5.78 Å². The van der Waals surface area contributed by atoms with Gasteiger partial charge in [-0.25, -0.2) is 4.79 Å². The number of ether oxygens (including phenoxy) is 1. The van der Waals surface area contributed by atoms with Crippen molar-refractivity contribution in [3.05, 3.63) is 69.7 Å². The van der Waals surface area contributed by atoms with E-state index in [9.17, 15) is 9.59 Å². The lowest BCUT2D eigenvalue weighted by Crippen LogP contribution is -2.06. The van der Waals surface area contributed by atoms with Crippen molar-refractivity contribution in [3.8, 4) is 6.07 Å². The Morgan fingerprint density at radius 3 is 2.71 bits per heavy atom. The van der Waals surface area contributed by atoms with Gasteiger partial charge in [0.15, 0.2) is 0 Å². The molecular weight excluding hydrogens is 452 g/mol. The van der Waals surface area contributed by atoms with E-state index in [1.54, 1.807) is 31.2 Å². The summed E-state index contributed by atoms with van der Waals surface area (Å²) in [5, 5.41) is 10.1. The average Bonchev–Trinajstić information content (AvgIpc) is 3.30. The minimum absolute atomic E-state index is 0.180. The van der Waals surface area contributed by atoms with E-state index in [0.29, 0.717) is 44.1 Å². The number of thiophene rings is 1. The average molecular weight is 469 g/mol. The molecule has 4 rings (SSSR count). The van der Waals surface area contributed by atoms with Gasteiger partial charge >= 0.3 is 5.97 Å². The van der Waals surface area contributed by atoms with E-state index in [-0.39, 0.29) is 12.4 Å².